The number of imidazole rings is 1. The van der Waals surface area contributed by atoms with Crippen molar-refractivity contribution in [3.63, 3.8) is 0 Å². The molecule has 4 nitrogen and oxygen atoms in total. The Morgan fingerprint density at radius 1 is 1.60 bits per heavy atom. The molecule has 84 valence electrons. The Morgan fingerprint density at radius 3 is 2.80 bits per heavy atom. The Hall–Kier alpha value is -1.32. The highest BCUT2D eigenvalue weighted by Gasteiger charge is 2.26. The van der Waals surface area contributed by atoms with Crippen molar-refractivity contribution < 1.29 is 9.90 Å². The van der Waals surface area contributed by atoms with Crippen LogP contribution in [0.15, 0.2) is 12.4 Å². The van der Waals surface area contributed by atoms with E-state index in [1.165, 1.54) is 0 Å². The van der Waals surface area contributed by atoms with Crippen LogP contribution in [0.3, 0.4) is 0 Å². The standard InChI is InChI=1S/C11H18N2O2/c1-4-9-12-6-8-13(9)7-5-11(2,3)10(14)15/h6,8H,4-5,7H2,1-3H3,(H,14,15). The van der Waals surface area contributed by atoms with Crippen LogP contribution in [0, 0.1) is 5.41 Å². The molecule has 1 rings (SSSR count). The lowest BCUT2D eigenvalue weighted by Gasteiger charge is -2.19. The zero-order valence-electron chi connectivity index (χ0n) is 9.53. The number of aliphatic carboxylic acids is 1. The average Bonchev–Trinajstić information content (AvgIpc) is 2.61. The van der Waals surface area contributed by atoms with Crippen molar-refractivity contribution in [2.45, 2.75) is 40.2 Å². The van der Waals surface area contributed by atoms with Crippen molar-refractivity contribution in [3.8, 4) is 0 Å². The summed E-state index contributed by atoms with van der Waals surface area (Å²) in [5.41, 5.74) is -0.671. The first-order valence-electron chi connectivity index (χ1n) is 5.21. The molecule has 0 radical (unpaired) electrons. The molecule has 0 bridgehead atoms. The Morgan fingerprint density at radius 2 is 2.27 bits per heavy atom. The largest absolute Gasteiger partial charge is 0.481 e. The van der Waals surface area contributed by atoms with E-state index in [0.29, 0.717) is 13.0 Å². The highest BCUT2D eigenvalue weighted by molar-refractivity contribution is 5.73. The van der Waals surface area contributed by atoms with Gasteiger partial charge in [-0.25, -0.2) is 4.98 Å². The summed E-state index contributed by atoms with van der Waals surface area (Å²) >= 11 is 0. The predicted octanol–water partition coefficient (Wildman–Crippen LogP) is 1.95. The highest BCUT2D eigenvalue weighted by Crippen LogP contribution is 2.21. The van der Waals surface area contributed by atoms with Gasteiger partial charge < -0.3 is 9.67 Å². The maximum Gasteiger partial charge on any atom is 0.309 e. The molecular weight excluding hydrogens is 192 g/mol. The van der Waals surface area contributed by atoms with Crippen LogP contribution in [0.1, 0.15) is 33.0 Å². The second-order valence-corrected chi connectivity index (χ2v) is 4.33. The molecule has 1 N–H and O–H groups in total. The number of rotatable bonds is 5. The number of hydrogen-bond acceptors (Lipinski definition) is 2. The Bertz CT molecular complexity index is 342. The number of aromatic nitrogens is 2. The van der Waals surface area contributed by atoms with Crippen molar-refractivity contribution >= 4 is 5.97 Å². The Kier molecular flexibility index (Phi) is 3.50. The Balaban J connectivity index is 2.61. The number of aryl methyl sites for hydroxylation is 2. The van der Waals surface area contributed by atoms with E-state index in [-0.39, 0.29) is 0 Å². The van der Waals surface area contributed by atoms with E-state index < -0.39 is 11.4 Å². The summed E-state index contributed by atoms with van der Waals surface area (Å²) in [5.74, 6) is 0.261. The lowest BCUT2D eigenvalue weighted by atomic mass is 9.89. The number of hydrogen-bond donors (Lipinski definition) is 1. The van der Waals surface area contributed by atoms with E-state index in [2.05, 4.69) is 4.98 Å². The molecule has 0 saturated heterocycles. The summed E-state index contributed by atoms with van der Waals surface area (Å²) in [6.07, 6.45) is 5.15. The number of carboxylic acids is 1. The Labute approximate surface area is 89.9 Å². The molecular formula is C11H18N2O2. The van der Waals surface area contributed by atoms with Gasteiger partial charge in [-0.05, 0) is 20.3 Å². The zero-order chi connectivity index (χ0) is 11.5. The molecule has 0 aliphatic rings. The molecule has 0 spiro atoms. The van der Waals surface area contributed by atoms with Crippen molar-refractivity contribution in [3.05, 3.63) is 18.2 Å². The summed E-state index contributed by atoms with van der Waals surface area (Å²) in [5, 5.41) is 8.97. The maximum atomic E-state index is 10.9. The van der Waals surface area contributed by atoms with Gasteiger partial charge >= 0.3 is 5.97 Å². The minimum atomic E-state index is -0.749. The van der Waals surface area contributed by atoms with Crippen LogP contribution in [-0.4, -0.2) is 20.6 Å². The first kappa shape index (κ1) is 11.8. The van der Waals surface area contributed by atoms with Crippen LogP contribution < -0.4 is 0 Å². The van der Waals surface area contributed by atoms with E-state index in [1.54, 1.807) is 20.0 Å². The van der Waals surface area contributed by atoms with Crippen molar-refractivity contribution in [2.24, 2.45) is 5.41 Å². The molecule has 15 heavy (non-hydrogen) atoms. The molecule has 1 aromatic heterocycles. The van der Waals surface area contributed by atoms with Crippen molar-refractivity contribution in [2.75, 3.05) is 0 Å². The second kappa shape index (κ2) is 4.47. The maximum absolute atomic E-state index is 10.9. The molecule has 0 saturated carbocycles. The van der Waals surface area contributed by atoms with Crippen LogP contribution in [0.2, 0.25) is 0 Å². The van der Waals surface area contributed by atoms with Gasteiger partial charge in [0, 0.05) is 25.4 Å². The average molecular weight is 210 g/mol. The highest BCUT2D eigenvalue weighted by atomic mass is 16.4. The molecule has 0 fully saturated rings. The number of carboxylic acid groups (broad SMARTS) is 1. The molecule has 1 aromatic rings. The van der Waals surface area contributed by atoms with E-state index >= 15 is 0 Å². The van der Waals surface area contributed by atoms with Gasteiger partial charge in [0.1, 0.15) is 5.82 Å². The van der Waals surface area contributed by atoms with Crippen LogP contribution in [0.25, 0.3) is 0 Å². The molecule has 0 atom stereocenters. The van der Waals surface area contributed by atoms with Crippen molar-refractivity contribution in [1.82, 2.24) is 9.55 Å². The lowest BCUT2D eigenvalue weighted by molar-refractivity contribution is -0.147. The van der Waals surface area contributed by atoms with Crippen LogP contribution in [0.5, 0.6) is 0 Å². The van der Waals surface area contributed by atoms with Gasteiger partial charge in [0.2, 0.25) is 0 Å². The van der Waals surface area contributed by atoms with Gasteiger partial charge in [0.05, 0.1) is 5.41 Å². The quantitative estimate of drug-likeness (QED) is 0.808. The fourth-order valence-electron chi connectivity index (χ4n) is 1.36. The molecule has 0 unspecified atom stereocenters. The lowest BCUT2D eigenvalue weighted by Crippen LogP contribution is -2.25. The zero-order valence-corrected chi connectivity index (χ0v) is 9.53. The van der Waals surface area contributed by atoms with Gasteiger partial charge in [-0.3, -0.25) is 4.79 Å². The van der Waals surface area contributed by atoms with Gasteiger partial charge in [-0.1, -0.05) is 6.92 Å². The minimum Gasteiger partial charge on any atom is -0.481 e. The van der Waals surface area contributed by atoms with Gasteiger partial charge in [-0.15, -0.1) is 0 Å². The molecule has 0 amide bonds. The smallest absolute Gasteiger partial charge is 0.309 e. The monoisotopic (exact) mass is 210 g/mol. The first-order valence-corrected chi connectivity index (χ1v) is 5.21. The summed E-state index contributed by atoms with van der Waals surface area (Å²) in [7, 11) is 0. The normalized spacial score (nSPS) is 11.7. The molecule has 1 heterocycles. The SMILES string of the molecule is CCc1nccn1CCC(C)(C)C(=O)O. The minimum absolute atomic E-state index is 0.617. The fraction of sp³-hybridized carbons (Fsp3) is 0.636. The van der Waals surface area contributed by atoms with E-state index in [9.17, 15) is 4.79 Å². The van der Waals surface area contributed by atoms with E-state index in [0.717, 1.165) is 12.2 Å². The van der Waals surface area contributed by atoms with Crippen LogP contribution in [-0.2, 0) is 17.8 Å². The number of nitrogens with zero attached hydrogens (tertiary/aromatic N) is 2. The van der Waals surface area contributed by atoms with E-state index in [4.69, 9.17) is 5.11 Å². The summed E-state index contributed by atoms with van der Waals surface area (Å²) < 4.78 is 2.02. The second-order valence-electron chi connectivity index (χ2n) is 4.33. The third kappa shape index (κ3) is 2.81. The van der Waals surface area contributed by atoms with Crippen molar-refractivity contribution in [1.29, 1.82) is 0 Å². The molecule has 4 heteroatoms. The van der Waals surface area contributed by atoms with E-state index in [1.807, 2.05) is 17.7 Å². The molecule has 0 aliphatic carbocycles. The van der Waals surface area contributed by atoms with Gasteiger partial charge in [-0.2, -0.15) is 0 Å². The van der Waals surface area contributed by atoms with Crippen LogP contribution in [0.4, 0.5) is 0 Å². The topological polar surface area (TPSA) is 55.1 Å². The third-order valence-corrected chi connectivity index (χ3v) is 2.67. The molecule has 0 aromatic carbocycles. The fourth-order valence-corrected chi connectivity index (χ4v) is 1.36. The third-order valence-electron chi connectivity index (χ3n) is 2.67. The first-order chi connectivity index (χ1) is 6.97. The van der Waals surface area contributed by atoms with Gasteiger partial charge in [0.15, 0.2) is 0 Å². The summed E-state index contributed by atoms with van der Waals surface area (Å²) in [6, 6.07) is 0. The predicted molar refractivity (Wildman–Crippen MR) is 57.6 cm³/mol. The summed E-state index contributed by atoms with van der Waals surface area (Å²) in [6.45, 7) is 6.25. The van der Waals surface area contributed by atoms with Gasteiger partial charge in [0.25, 0.3) is 0 Å². The summed E-state index contributed by atoms with van der Waals surface area (Å²) in [4.78, 5) is 15.1. The molecule has 0 aliphatic heterocycles. The van der Waals surface area contributed by atoms with Crippen LogP contribution >= 0.6 is 0 Å². The number of carbonyl (C=O) groups is 1.